The fourth-order valence-electron chi connectivity index (χ4n) is 2.00. The number of hydrogen-bond donors (Lipinski definition) is 0. The molecule has 1 aliphatic heterocycles. The van der Waals surface area contributed by atoms with Gasteiger partial charge >= 0.3 is 0 Å². The molecule has 0 N–H and O–H groups in total. The summed E-state index contributed by atoms with van der Waals surface area (Å²) < 4.78 is 7.72. The van der Waals surface area contributed by atoms with E-state index in [1.165, 1.54) is 6.42 Å². The maximum atomic E-state index is 5.75. The van der Waals surface area contributed by atoms with Gasteiger partial charge in [-0.1, -0.05) is 0 Å². The summed E-state index contributed by atoms with van der Waals surface area (Å²) in [4.78, 5) is 5.25. The van der Waals surface area contributed by atoms with Gasteiger partial charge in [-0.25, -0.2) is 4.68 Å². The smallest absolute Gasteiger partial charge is 0.150 e. The van der Waals surface area contributed by atoms with Crippen molar-refractivity contribution in [1.29, 1.82) is 0 Å². The van der Waals surface area contributed by atoms with Crippen molar-refractivity contribution in [3.8, 4) is 10.6 Å². The topological polar surface area (TPSA) is 39.9 Å². The first kappa shape index (κ1) is 9.99. The first-order valence-electron chi connectivity index (χ1n) is 5.49. The summed E-state index contributed by atoms with van der Waals surface area (Å²) in [5, 5.41) is 4.37. The van der Waals surface area contributed by atoms with Gasteiger partial charge < -0.3 is 4.74 Å². The lowest BCUT2D eigenvalue weighted by atomic mass is 10.2. The summed E-state index contributed by atoms with van der Waals surface area (Å²) in [6, 6.07) is 2.02. The van der Waals surface area contributed by atoms with Crippen LogP contribution < -0.4 is 0 Å². The van der Waals surface area contributed by atoms with Crippen LogP contribution in [0, 0.1) is 0 Å². The minimum Gasteiger partial charge on any atom is -0.356 e. The Morgan fingerprint density at radius 2 is 2.44 bits per heavy atom. The number of nitrogens with zero attached hydrogens (tertiary/aromatic N) is 3. The number of thiazole rings is 1. The second kappa shape index (κ2) is 4.35. The molecule has 2 aromatic rings. The zero-order chi connectivity index (χ0) is 10.8. The molecule has 0 spiro atoms. The molecule has 0 aromatic carbocycles. The summed E-state index contributed by atoms with van der Waals surface area (Å²) >= 11 is 1.63. The Balaban J connectivity index is 1.92. The maximum Gasteiger partial charge on any atom is 0.150 e. The minimum atomic E-state index is 0.0980. The maximum absolute atomic E-state index is 5.75. The normalized spacial score (nSPS) is 21.1. The molecule has 3 heterocycles. The van der Waals surface area contributed by atoms with Crippen LogP contribution in [0.5, 0.6) is 0 Å². The zero-order valence-corrected chi connectivity index (χ0v) is 9.69. The van der Waals surface area contributed by atoms with Gasteiger partial charge in [0, 0.05) is 19.0 Å². The summed E-state index contributed by atoms with van der Waals surface area (Å²) in [6.45, 7) is 0.840. The van der Waals surface area contributed by atoms with Gasteiger partial charge in [-0.3, -0.25) is 4.98 Å². The Bertz CT molecular complexity index is 446. The summed E-state index contributed by atoms with van der Waals surface area (Å²) in [5.41, 5.74) is 2.95. The molecule has 0 radical (unpaired) electrons. The predicted molar refractivity (Wildman–Crippen MR) is 62.2 cm³/mol. The molecular formula is C11H13N3OS. The van der Waals surface area contributed by atoms with E-state index in [1.807, 2.05) is 28.7 Å². The second-order valence-corrected chi connectivity index (χ2v) is 4.73. The van der Waals surface area contributed by atoms with Crippen LogP contribution in [0.3, 0.4) is 0 Å². The van der Waals surface area contributed by atoms with Crippen molar-refractivity contribution in [3.63, 3.8) is 0 Å². The van der Waals surface area contributed by atoms with Gasteiger partial charge in [-0.15, -0.1) is 11.3 Å². The lowest BCUT2D eigenvalue weighted by molar-refractivity contribution is -0.0383. The van der Waals surface area contributed by atoms with Gasteiger partial charge in [0.2, 0.25) is 0 Å². The molecule has 1 unspecified atom stereocenters. The van der Waals surface area contributed by atoms with Crippen molar-refractivity contribution in [3.05, 3.63) is 24.0 Å². The summed E-state index contributed by atoms with van der Waals surface area (Å²) in [7, 11) is 0. The SMILES string of the molecule is c1cc(-c2cncs2)n(C2CCCCO2)n1. The molecular weight excluding hydrogens is 222 g/mol. The van der Waals surface area contributed by atoms with E-state index in [0.717, 1.165) is 30.0 Å². The molecule has 1 saturated heterocycles. The summed E-state index contributed by atoms with van der Waals surface area (Å²) in [5.74, 6) is 0. The number of ether oxygens (including phenoxy) is 1. The highest BCUT2D eigenvalue weighted by molar-refractivity contribution is 7.13. The van der Waals surface area contributed by atoms with E-state index in [9.17, 15) is 0 Å². The number of hydrogen-bond acceptors (Lipinski definition) is 4. The highest BCUT2D eigenvalue weighted by atomic mass is 32.1. The lowest BCUT2D eigenvalue weighted by Crippen LogP contribution is -2.19. The van der Waals surface area contributed by atoms with Crippen LogP contribution in [0.2, 0.25) is 0 Å². The van der Waals surface area contributed by atoms with Crippen LogP contribution in [-0.2, 0) is 4.74 Å². The highest BCUT2D eigenvalue weighted by Gasteiger charge is 2.19. The van der Waals surface area contributed by atoms with Crippen LogP contribution in [0.1, 0.15) is 25.5 Å². The molecule has 16 heavy (non-hydrogen) atoms. The van der Waals surface area contributed by atoms with Crippen molar-refractivity contribution < 1.29 is 4.74 Å². The van der Waals surface area contributed by atoms with E-state index in [4.69, 9.17) is 4.74 Å². The van der Waals surface area contributed by atoms with Crippen LogP contribution in [0.15, 0.2) is 24.0 Å². The molecule has 4 nitrogen and oxygen atoms in total. The number of aromatic nitrogens is 3. The Morgan fingerprint density at radius 3 is 3.19 bits per heavy atom. The van der Waals surface area contributed by atoms with Crippen LogP contribution in [-0.4, -0.2) is 21.4 Å². The van der Waals surface area contributed by atoms with Gasteiger partial charge in [0.15, 0.2) is 6.23 Å². The average molecular weight is 235 g/mol. The first-order valence-corrected chi connectivity index (χ1v) is 6.37. The van der Waals surface area contributed by atoms with E-state index in [2.05, 4.69) is 10.1 Å². The number of rotatable bonds is 2. The molecule has 2 aromatic heterocycles. The van der Waals surface area contributed by atoms with Crippen molar-refractivity contribution in [2.24, 2.45) is 0 Å². The quantitative estimate of drug-likeness (QED) is 0.803. The molecule has 0 bridgehead atoms. The third kappa shape index (κ3) is 1.76. The molecule has 1 fully saturated rings. The van der Waals surface area contributed by atoms with Crippen molar-refractivity contribution in [1.82, 2.24) is 14.8 Å². The summed E-state index contributed by atoms with van der Waals surface area (Å²) in [6.07, 6.45) is 7.22. The van der Waals surface area contributed by atoms with Crippen molar-refractivity contribution >= 4 is 11.3 Å². The van der Waals surface area contributed by atoms with Crippen LogP contribution in [0.25, 0.3) is 10.6 Å². The molecule has 1 atom stereocenters. The standard InChI is InChI=1S/C11H13N3OS/c1-2-6-15-11(3-1)14-9(4-5-13-14)10-7-12-8-16-10/h4-5,7-8,11H,1-3,6H2. The van der Waals surface area contributed by atoms with Gasteiger partial charge in [0.05, 0.1) is 16.1 Å². The van der Waals surface area contributed by atoms with Gasteiger partial charge in [-0.05, 0) is 25.3 Å². The molecule has 1 aliphatic rings. The monoisotopic (exact) mass is 235 g/mol. The molecule has 84 valence electrons. The molecule has 5 heteroatoms. The van der Waals surface area contributed by atoms with E-state index in [1.54, 1.807) is 11.3 Å². The van der Waals surface area contributed by atoms with E-state index < -0.39 is 0 Å². The Labute approximate surface area is 97.9 Å². The van der Waals surface area contributed by atoms with Gasteiger partial charge in [-0.2, -0.15) is 5.10 Å². The third-order valence-electron chi connectivity index (χ3n) is 2.78. The highest BCUT2D eigenvalue weighted by Crippen LogP contribution is 2.29. The second-order valence-electron chi connectivity index (χ2n) is 3.85. The molecule has 0 amide bonds. The Morgan fingerprint density at radius 1 is 1.44 bits per heavy atom. The molecule has 0 saturated carbocycles. The molecule has 0 aliphatic carbocycles. The Kier molecular flexibility index (Phi) is 2.71. The Hall–Kier alpha value is -1.20. The molecule has 3 rings (SSSR count). The minimum absolute atomic E-state index is 0.0980. The van der Waals surface area contributed by atoms with Crippen LogP contribution in [0.4, 0.5) is 0 Å². The van der Waals surface area contributed by atoms with Crippen molar-refractivity contribution in [2.45, 2.75) is 25.5 Å². The van der Waals surface area contributed by atoms with E-state index in [-0.39, 0.29) is 6.23 Å². The fraction of sp³-hybridized carbons (Fsp3) is 0.455. The first-order chi connectivity index (χ1) is 7.95. The van der Waals surface area contributed by atoms with Crippen molar-refractivity contribution in [2.75, 3.05) is 6.61 Å². The van der Waals surface area contributed by atoms with E-state index >= 15 is 0 Å². The van der Waals surface area contributed by atoms with Crippen LogP contribution >= 0.6 is 11.3 Å². The van der Waals surface area contributed by atoms with E-state index in [0.29, 0.717) is 0 Å². The zero-order valence-electron chi connectivity index (χ0n) is 8.87. The van der Waals surface area contributed by atoms with Gasteiger partial charge in [0.1, 0.15) is 0 Å². The fourth-order valence-corrected chi connectivity index (χ4v) is 2.64. The largest absolute Gasteiger partial charge is 0.356 e. The third-order valence-corrected chi connectivity index (χ3v) is 3.58. The predicted octanol–water partition coefficient (Wildman–Crippen LogP) is 2.71. The lowest BCUT2D eigenvalue weighted by Gasteiger charge is -2.24. The van der Waals surface area contributed by atoms with Gasteiger partial charge in [0.25, 0.3) is 0 Å². The average Bonchev–Trinajstić information content (AvgIpc) is 3.01.